The van der Waals surface area contributed by atoms with Gasteiger partial charge in [-0.25, -0.2) is 11.6 Å². The number of hydrogen-bond acceptors (Lipinski definition) is 3. The number of carbonyl (C=O) groups excluding carboxylic acids is 1. The van der Waals surface area contributed by atoms with Gasteiger partial charge < -0.3 is 9.72 Å². The molecule has 1 fully saturated rings. The molecule has 1 aliphatic rings. The van der Waals surface area contributed by atoms with Crippen molar-refractivity contribution in [3.63, 3.8) is 0 Å². The smallest absolute Gasteiger partial charge is 0.417 e. The zero-order valence-corrected chi connectivity index (χ0v) is 20.3. The van der Waals surface area contributed by atoms with Gasteiger partial charge in [0, 0.05) is 48.2 Å². The first kappa shape index (κ1) is 27.4. The number of carbonyl (C=O) groups is 1. The van der Waals surface area contributed by atoms with Crippen LogP contribution in [0.5, 0.6) is 11.6 Å². The normalized spacial score (nSPS) is 16.3. The Morgan fingerprint density at radius 1 is 1.32 bits per heavy atom. The van der Waals surface area contributed by atoms with Crippen LogP contribution in [0.3, 0.4) is 0 Å². The first-order valence-electron chi connectivity index (χ1n) is 10.2. The van der Waals surface area contributed by atoms with E-state index in [-0.39, 0.29) is 50.9 Å². The van der Waals surface area contributed by atoms with Crippen molar-refractivity contribution in [3.8, 4) is 11.6 Å². The van der Waals surface area contributed by atoms with Gasteiger partial charge in [-0.2, -0.15) is 40.2 Å². The Morgan fingerprint density at radius 3 is 2.74 bits per heavy atom. The Balaban J connectivity index is 0.00000204. The van der Waals surface area contributed by atoms with Crippen LogP contribution < -0.4 is 4.74 Å². The van der Waals surface area contributed by atoms with Crippen LogP contribution in [0.4, 0.5) is 13.2 Å². The van der Waals surface area contributed by atoms with E-state index in [4.69, 9.17) is 11.3 Å². The Hall–Kier alpha value is -2.84. The molecule has 1 N–H and O–H groups in total. The molecule has 1 aromatic carbocycles. The summed E-state index contributed by atoms with van der Waals surface area (Å²) in [5, 5.41) is 0.859. The lowest BCUT2D eigenvalue weighted by atomic mass is 9.99. The van der Waals surface area contributed by atoms with Gasteiger partial charge in [0.15, 0.2) is 0 Å². The second-order valence-electron chi connectivity index (χ2n) is 7.89. The monoisotopic (exact) mass is 510 g/mol. The van der Waals surface area contributed by atoms with Crippen molar-refractivity contribution < 1.29 is 22.7 Å². The predicted molar refractivity (Wildman–Crippen MR) is 133 cm³/mol. The third-order valence-corrected chi connectivity index (χ3v) is 5.63. The lowest BCUT2D eigenvalue weighted by Crippen LogP contribution is -2.38. The molecule has 182 valence electrons. The second kappa shape index (κ2) is 11.1. The minimum absolute atomic E-state index is 0. The number of aromatic amines is 1. The number of halogens is 3. The van der Waals surface area contributed by atoms with E-state index in [0.717, 1.165) is 35.2 Å². The van der Waals surface area contributed by atoms with E-state index in [1.165, 1.54) is 6.07 Å². The van der Waals surface area contributed by atoms with Gasteiger partial charge in [-0.05, 0) is 42.7 Å². The summed E-state index contributed by atoms with van der Waals surface area (Å²) < 4.78 is 43.8. The van der Waals surface area contributed by atoms with Gasteiger partial charge >= 0.3 is 12.3 Å². The van der Waals surface area contributed by atoms with Crippen LogP contribution >= 0.6 is 27.0 Å². The maximum absolute atomic E-state index is 12.8. The lowest BCUT2D eigenvalue weighted by Gasteiger charge is -2.20. The first-order chi connectivity index (χ1) is 15.3. The number of amides is 1. The van der Waals surface area contributed by atoms with Gasteiger partial charge in [0.25, 0.3) is 0 Å². The molecule has 2 atom stereocenters. The lowest BCUT2D eigenvalue weighted by molar-refractivity contribution is -0.138. The van der Waals surface area contributed by atoms with Gasteiger partial charge in [-0.15, -0.1) is 0 Å². The van der Waals surface area contributed by atoms with E-state index in [1.807, 2.05) is 13.1 Å². The summed E-state index contributed by atoms with van der Waals surface area (Å²) in [6.07, 6.45) is -0.206. The number of benzene rings is 1. The fraction of sp³-hybridized carbons (Fsp3) is 0.348. The van der Waals surface area contributed by atoms with Gasteiger partial charge in [0.05, 0.1) is 5.56 Å². The zero-order valence-electron chi connectivity index (χ0n) is 18.3. The molecule has 0 saturated carbocycles. The number of likely N-dealkylation sites (tertiary alicyclic amines) is 1. The number of ether oxygens (including phenoxy) is 1. The molecule has 0 aliphatic carbocycles. The molecule has 0 radical (unpaired) electrons. The van der Waals surface area contributed by atoms with Crippen molar-refractivity contribution in [2.24, 2.45) is 5.92 Å². The number of hydrogen-bond donors (Lipinski definition) is 1. The van der Waals surface area contributed by atoms with E-state index in [0.29, 0.717) is 25.1 Å². The minimum Gasteiger partial charge on any atom is -0.439 e. The summed E-state index contributed by atoms with van der Waals surface area (Å²) in [5.41, 5.74) is 0.933. The van der Waals surface area contributed by atoms with Crippen LogP contribution in [0.25, 0.3) is 15.7 Å². The van der Waals surface area contributed by atoms with E-state index in [9.17, 15) is 18.0 Å². The maximum Gasteiger partial charge on any atom is 0.417 e. The van der Waals surface area contributed by atoms with Crippen LogP contribution in [-0.2, 0) is 17.4 Å². The highest BCUT2D eigenvalue weighted by Crippen LogP contribution is 2.32. The Morgan fingerprint density at radius 2 is 2.09 bits per heavy atom. The van der Waals surface area contributed by atoms with Crippen molar-refractivity contribution in [2.45, 2.75) is 38.5 Å². The highest BCUT2D eigenvalue weighted by atomic mass is 32.1. The fourth-order valence-corrected chi connectivity index (χ4v) is 3.96. The second-order valence-corrected chi connectivity index (χ2v) is 7.89. The number of fused-ring (bicyclic) bond motifs is 1. The van der Waals surface area contributed by atoms with Crippen LogP contribution in [0.1, 0.15) is 30.9 Å². The average Bonchev–Trinajstić information content (AvgIpc) is 3.40. The molecular weight excluding hydrogens is 485 g/mol. The minimum atomic E-state index is -4.46. The zero-order chi connectivity index (χ0) is 22.9. The summed E-state index contributed by atoms with van der Waals surface area (Å²) in [6, 6.07) is 7.37. The van der Waals surface area contributed by atoms with Gasteiger partial charge in [0.1, 0.15) is 5.75 Å². The van der Waals surface area contributed by atoms with Crippen molar-refractivity contribution in [2.75, 3.05) is 6.54 Å². The van der Waals surface area contributed by atoms with Crippen molar-refractivity contribution >= 4 is 43.8 Å². The largest absolute Gasteiger partial charge is 0.439 e. The SMILES string of the molecule is S.S.[C-]#[N+][C@H]1CCCN1C(=O)[C@@H](C)Cc1c[nH]c2ccc(Oc3ccc(C(F)(F)F)cn3)cc12. The third kappa shape index (κ3) is 5.80. The molecule has 3 aromatic rings. The number of rotatable bonds is 5. The van der Waals surface area contributed by atoms with Crippen LogP contribution in [0.2, 0.25) is 0 Å². The number of alkyl halides is 3. The Bertz CT molecular complexity index is 1180. The van der Waals surface area contributed by atoms with Gasteiger partial charge in [-0.3, -0.25) is 14.5 Å². The molecule has 1 saturated heterocycles. The fourth-order valence-electron chi connectivity index (χ4n) is 3.96. The maximum atomic E-state index is 12.8. The summed E-state index contributed by atoms with van der Waals surface area (Å²) in [6.45, 7) is 9.75. The highest BCUT2D eigenvalue weighted by molar-refractivity contribution is 7.59. The first-order valence-corrected chi connectivity index (χ1v) is 10.2. The van der Waals surface area contributed by atoms with E-state index >= 15 is 0 Å². The summed E-state index contributed by atoms with van der Waals surface area (Å²) in [7, 11) is 0. The number of nitrogens with zero attached hydrogens (tertiary/aromatic N) is 3. The number of aromatic nitrogens is 2. The van der Waals surface area contributed by atoms with Crippen molar-refractivity contribution in [1.29, 1.82) is 0 Å². The molecule has 1 amide bonds. The Labute approximate surface area is 209 Å². The molecule has 0 spiro atoms. The molecule has 0 bridgehead atoms. The average molecular weight is 511 g/mol. The third-order valence-electron chi connectivity index (χ3n) is 5.63. The molecule has 1 aliphatic heterocycles. The molecule has 2 aromatic heterocycles. The van der Waals surface area contributed by atoms with E-state index < -0.39 is 11.7 Å². The van der Waals surface area contributed by atoms with Crippen molar-refractivity contribution in [3.05, 3.63) is 65.3 Å². The summed E-state index contributed by atoms with van der Waals surface area (Å²) in [5.74, 6) is 0.158. The van der Waals surface area contributed by atoms with Crippen LogP contribution in [0.15, 0.2) is 42.7 Å². The predicted octanol–water partition coefficient (Wildman–Crippen LogP) is 5.65. The standard InChI is InChI=1S/C23H21F3N4O2.2H2S/c1-14(22(31)30-9-3-4-20(30)27-2)10-15-12-28-19-7-6-17(11-18(15)19)32-21-8-5-16(13-29-21)23(24,25)26;;/h5-8,11-14,20,28H,3-4,9-10H2,1H3;2*1H2/t14-,20+;;/m0../s1. The molecule has 0 unspecified atom stereocenters. The van der Waals surface area contributed by atoms with Crippen LogP contribution in [-0.4, -0.2) is 33.5 Å². The topological polar surface area (TPSA) is 62.6 Å². The molecule has 11 heteroatoms. The van der Waals surface area contributed by atoms with E-state index in [1.54, 1.807) is 23.1 Å². The molecule has 3 heterocycles. The Kier molecular flexibility index (Phi) is 8.91. The number of pyridine rings is 1. The summed E-state index contributed by atoms with van der Waals surface area (Å²) in [4.78, 5) is 25.0. The van der Waals surface area contributed by atoms with Gasteiger partial charge in [-0.1, -0.05) is 6.92 Å². The van der Waals surface area contributed by atoms with Crippen LogP contribution in [0, 0.1) is 12.5 Å². The van der Waals surface area contributed by atoms with Crippen molar-refractivity contribution in [1.82, 2.24) is 14.9 Å². The molecule has 34 heavy (non-hydrogen) atoms. The molecule has 4 rings (SSSR count). The van der Waals surface area contributed by atoms with Gasteiger partial charge in [0.2, 0.25) is 11.8 Å². The quantitative estimate of drug-likeness (QED) is 0.452. The molecular formula is C23H25F3N4O2S2. The number of H-pyrrole nitrogens is 1. The molecule has 6 nitrogen and oxygen atoms in total. The number of nitrogens with one attached hydrogen (secondary N) is 1. The summed E-state index contributed by atoms with van der Waals surface area (Å²) >= 11 is 0. The van der Waals surface area contributed by atoms with E-state index in [2.05, 4.69) is 14.8 Å². The highest BCUT2D eigenvalue weighted by Gasteiger charge is 2.35.